The lowest BCUT2D eigenvalue weighted by Gasteiger charge is -2.05. The van der Waals surface area contributed by atoms with E-state index in [9.17, 15) is 8.42 Å². The topological polar surface area (TPSA) is 64.0 Å². The Balaban J connectivity index is 1.63. The number of hydrogen-bond donors (Lipinski definition) is 1. The Hall–Kier alpha value is -2.44. The molecule has 2 aromatic carbocycles. The largest absolute Gasteiger partial charge is 0.241 e. The number of nitrogens with zero attached hydrogens (tertiary/aromatic N) is 2. The van der Waals surface area contributed by atoms with Gasteiger partial charge in [0.05, 0.1) is 17.6 Å². The Morgan fingerprint density at radius 3 is 2.26 bits per heavy atom. The molecule has 118 valence electrons. The molecule has 0 radical (unpaired) electrons. The van der Waals surface area contributed by atoms with Gasteiger partial charge < -0.3 is 0 Å². The molecular formula is C17H17N3O2S. The molecule has 1 heterocycles. The lowest BCUT2D eigenvalue weighted by molar-refractivity contribution is 0.580. The van der Waals surface area contributed by atoms with Crippen LogP contribution in [0.15, 0.2) is 73.1 Å². The summed E-state index contributed by atoms with van der Waals surface area (Å²) in [6.07, 6.45) is 3.48. The van der Waals surface area contributed by atoms with Gasteiger partial charge in [-0.15, -0.1) is 0 Å². The zero-order valence-corrected chi connectivity index (χ0v) is 13.3. The minimum Gasteiger partial charge on any atom is -0.241 e. The SMILES string of the molecule is O=S(=O)(Cc1ccccc1)NCc1cnn(-c2ccccc2)c1. The molecule has 3 aromatic rings. The molecule has 0 atom stereocenters. The molecule has 0 aliphatic heterocycles. The maximum absolute atomic E-state index is 12.1. The minimum atomic E-state index is -3.38. The van der Waals surface area contributed by atoms with Crippen molar-refractivity contribution < 1.29 is 8.42 Å². The van der Waals surface area contributed by atoms with Crippen molar-refractivity contribution in [2.75, 3.05) is 0 Å². The molecule has 6 heteroatoms. The third-order valence-corrected chi connectivity index (χ3v) is 4.65. The fourth-order valence-corrected chi connectivity index (χ4v) is 3.33. The normalized spacial score (nSPS) is 11.5. The fourth-order valence-electron chi connectivity index (χ4n) is 2.21. The Morgan fingerprint density at radius 2 is 1.57 bits per heavy atom. The molecule has 1 aromatic heterocycles. The Morgan fingerprint density at radius 1 is 0.913 bits per heavy atom. The van der Waals surface area contributed by atoms with Crippen LogP contribution in [0.25, 0.3) is 5.69 Å². The van der Waals surface area contributed by atoms with Crippen molar-refractivity contribution in [3.63, 3.8) is 0 Å². The second-order valence-electron chi connectivity index (χ2n) is 5.19. The second kappa shape index (κ2) is 6.76. The Labute approximate surface area is 135 Å². The highest BCUT2D eigenvalue weighted by Crippen LogP contribution is 2.09. The van der Waals surface area contributed by atoms with Crippen LogP contribution in [0.4, 0.5) is 0 Å². The predicted octanol–water partition coefficient (Wildman–Crippen LogP) is 2.49. The fraction of sp³-hybridized carbons (Fsp3) is 0.118. The van der Waals surface area contributed by atoms with Crippen LogP contribution < -0.4 is 4.72 Å². The number of sulfonamides is 1. The molecule has 0 amide bonds. The number of para-hydroxylation sites is 1. The standard InChI is InChI=1S/C17H17N3O2S/c21-23(22,14-15-7-3-1-4-8-15)19-12-16-11-18-20(13-16)17-9-5-2-6-10-17/h1-11,13,19H,12,14H2. The van der Waals surface area contributed by atoms with Gasteiger partial charge >= 0.3 is 0 Å². The molecule has 0 unspecified atom stereocenters. The molecule has 0 fully saturated rings. The predicted molar refractivity (Wildman–Crippen MR) is 89.5 cm³/mol. The first-order chi connectivity index (χ1) is 11.1. The van der Waals surface area contributed by atoms with Gasteiger partial charge in [0, 0.05) is 18.3 Å². The first-order valence-electron chi connectivity index (χ1n) is 7.23. The van der Waals surface area contributed by atoms with E-state index in [1.807, 2.05) is 54.7 Å². The van der Waals surface area contributed by atoms with Crippen LogP contribution in [0.3, 0.4) is 0 Å². The summed E-state index contributed by atoms with van der Waals surface area (Å²) in [5, 5.41) is 4.25. The highest BCUT2D eigenvalue weighted by atomic mass is 32.2. The zero-order chi connectivity index (χ0) is 16.1. The van der Waals surface area contributed by atoms with E-state index in [1.54, 1.807) is 23.0 Å². The highest BCUT2D eigenvalue weighted by molar-refractivity contribution is 7.88. The van der Waals surface area contributed by atoms with Gasteiger partial charge in [0.25, 0.3) is 0 Å². The minimum absolute atomic E-state index is 0.0271. The molecule has 0 aliphatic rings. The molecule has 1 N–H and O–H groups in total. The first-order valence-corrected chi connectivity index (χ1v) is 8.88. The maximum Gasteiger partial charge on any atom is 0.216 e. The average molecular weight is 327 g/mol. The summed E-state index contributed by atoms with van der Waals surface area (Å²) in [5.74, 6) is -0.0271. The molecule has 3 rings (SSSR count). The monoisotopic (exact) mass is 327 g/mol. The third-order valence-electron chi connectivity index (χ3n) is 3.35. The third kappa shape index (κ3) is 4.28. The van der Waals surface area contributed by atoms with Crippen molar-refractivity contribution in [3.05, 3.63) is 84.2 Å². The van der Waals surface area contributed by atoms with E-state index in [0.29, 0.717) is 0 Å². The zero-order valence-electron chi connectivity index (χ0n) is 12.5. The molecule has 0 aliphatic carbocycles. The van der Waals surface area contributed by atoms with E-state index in [2.05, 4.69) is 9.82 Å². The van der Waals surface area contributed by atoms with Crippen LogP contribution in [-0.2, 0) is 22.3 Å². The van der Waals surface area contributed by atoms with Crippen LogP contribution in [-0.4, -0.2) is 18.2 Å². The van der Waals surface area contributed by atoms with Crippen molar-refractivity contribution in [3.8, 4) is 5.69 Å². The number of aromatic nitrogens is 2. The highest BCUT2D eigenvalue weighted by Gasteiger charge is 2.11. The number of benzene rings is 2. The first kappa shape index (κ1) is 15.5. The van der Waals surface area contributed by atoms with Crippen LogP contribution in [0.2, 0.25) is 0 Å². The molecule has 0 bridgehead atoms. The Bertz CT molecular complexity index is 859. The smallest absolute Gasteiger partial charge is 0.216 e. The average Bonchev–Trinajstić information content (AvgIpc) is 3.04. The number of hydrogen-bond acceptors (Lipinski definition) is 3. The van der Waals surface area contributed by atoms with Gasteiger partial charge in [-0.2, -0.15) is 5.10 Å². The molecule has 23 heavy (non-hydrogen) atoms. The number of nitrogens with one attached hydrogen (secondary N) is 1. The summed E-state index contributed by atoms with van der Waals surface area (Å²) >= 11 is 0. The van der Waals surface area contributed by atoms with E-state index >= 15 is 0 Å². The second-order valence-corrected chi connectivity index (χ2v) is 7.00. The molecule has 0 saturated carbocycles. The molecule has 5 nitrogen and oxygen atoms in total. The van der Waals surface area contributed by atoms with Gasteiger partial charge in [-0.25, -0.2) is 17.8 Å². The molecular weight excluding hydrogens is 310 g/mol. The van der Waals surface area contributed by atoms with Crippen LogP contribution >= 0.6 is 0 Å². The van der Waals surface area contributed by atoms with E-state index in [-0.39, 0.29) is 12.3 Å². The van der Waals surface area contributed by atoms with Crippen LogP contribution in [0.1, 0.15) is 11.1 Å². The van der Waals surface area contributed by atoms with E-state index in [4.69, 9.17) is 0 Å². The summed E-state index contributed by atoms with van der Waals surface area (Å²) < 4.78 is 28.6. The van der Waals surface area contributed by atoms with E-state index in [1.165, 1.54) is 0 Å². The summed E-state index contributed by atoms with van der Waals surface area (Å²) in [7, 11) is -3.38. The summed E-state index contributed by atoms with van der Waals surface area (Å²) in [6.45, 7) is 0.224. The van der Waals surface area contributed by atoms with E-state index < -0.39 is 10.0 Å². The quantitative estimate of drug-likeness (QED) is 0.756. The van der Waals surface area contributed by atoms with Gasteiger partial charge in [-0.1, -0.05) is 48.5 Å². The van der Waals surface area contributed by atoms with Crippen molar-refractivity contribution in [1.29, 1.82) is 0 Å². The summed E-state index contributed by atoms with van der Waals surface area (Å²) in [5.41, 5.74) is 2.51. The van der Waals surface area contributed by atoms with Crippen molar-refractivity contribution >= 4 is 10.0 Å². The van der Waals surface area contributed by atoms with Gasteiger partial charge in [-0.05, 0) is 17.7 Å². The van der Waals surface area contributed by atoms with Gasteiger partial charge in [0.2, 0.25) is 10.0 Å². The summed E-state index contributed by atoms with van der Waals surface area (Å²) in [4.78, 5) is 0. The van der Waals surface area contributed by atoms with Gasteiger partial charge in [0.1, 0.15) is 0 Å². The lowest BCUT2D eigenvalue weighted by Crippen LogP contribution is -2.24. The van der Waals surface area contributed by atoms with Crippen molar-refractivity contribution in [1.82, 2.24) is 14.5 Å². The lowest BCUT2D eigenvalue weighted by atomic mass is 10.2. The number of rotatable bonds is 6. The van der Waals surface area contributed by atoms with Crippen LogP contribution in [0.5, 0.6) is 0 Å². The maximum atomic E-state index is 12.1. The van der Waals surface area contributed by atoms with Crippen LogP contribution in [0, 0.1) is 0 Å². The molecule has 0 saturated heterocycles. The molecule has 0 spiro atoms. The van der Waals surface area contributed by atoms with Gasteiger partial charge in [0.15, 0.2) is 0 Å². The summed E-state index contributed by atoms with van der Waals surface area (Å²) in [6, 6.07) is 18.8. The van der Waals surface area contributed by atoms with Crippen molar-refractivity contribution in [2.45, 2.75) is 12.3 Å². The van der Waals surface area contributed by atoms with Crippen molar-refractivity contribution in [2.24, 2.45) is 0 Å². The van der Waals surface area contributed by atoms with Gasteiger partial charge in [-0.3, -0.25) is 0 Å². The van der Waals surface area contributed by atoms with E-state index in [0.717, 1.165) is 16.8 Å². The Kier molecular flexibility index (Phi) is 4.55.